The smallest absolute Gasteiger partial charge is 0.124 e. The van der Waals surface area contributed by atoms with E-state index in [4.69, 9.17) is 16.3 Å². The first kappa shape index (κ1) is 18.4. The largest absolute Gasteiger partial charge is 0.489 e. The van der Waals surface area contributed by atoms with E-state index in [1.54, 1.807) is 6.07 Å². The number of rotatable bonds is 8. The molecule has 0 bridgehead atoms. The molecule has 0 spiro atoms. The molecule has 4 heteroatoms. The maximum absolute atomic E-state index is 13.1. The normalized spacial score (nSPS) is 10.7. The molecule has 0 radical (unpaired) electrons. The Morgan fingerprint density at radius 1 is 0.885 bits per heavy atom. The van der Waals surface area contributed by atoms with E-state index in [1.807, 2.05) is 24.3 Å². The molecule has 0 aromatic heterocycles. The van der Waals surface area contributed by atoms with Crippen molar-refractivity contribution in [2.45, 2.75) is 19.6 Å². The molecule has 0 aliphatic heterocycles. The van der Waals surface area contributed by atoms with Gasteiger partial charge < -0.3 is 10.1 Å². The molecular formula is C22H21ClFNO. The summed E-state index contributed by atoms with van der Waals surface area (Å²) in [6.07, 6.45) is 1.00. The molecule has 0 aliphatic carbocycles. The van der Waals surface area contributed by atoms with Crippen LogP contribution >= 0.6 is 11.6 Å². The van der Waals surface area contributed by atoms with Crippen LogP contribution in [-0.4, -0.2) is 6.54 Å². The van der Waals surface area contributed by atoms with E-state index in [1.165, 1.54) is 17.7 Å². The number of nitrogens with one attached hydrogen (secondary N) is 1. The molecule has 0 fully saturated rings. The highest BCUT2D eigenvalue weighted by Crippen LogP contribution is 2.20. The number of halogens is 2. The highest BCUT2D eigenvalue weighted by atomic mass is 35.5. The Labute approximate surface area is 158 Å². The molecule has 2 nitrogen and oxygen atoms in total. The second-order valence-electron chi connectivity index (χ2n) is 6.08. The van der Waals surface area contributed by atoms with Crippen LogP contribution in [0.2, 0.25) is 5.02 Å². The summed E-state index contributed by atoms with van der Waals surface area (Å²) >= 11 is 6.03. The molecule has 134 valence electrons. The molecule has 26 heavy (non-hydrogen) atoms. The van der Waals surface area contributed by atoms with Crippen molar-refractivity contribution in [1.82, 2.24) is 5.32 Å². The third kappa shape index (κ3) is 5.58. The fourth-order valence-corrected chi connectivity index (χ4v) is 2.88. The average molecular weight is 370 g/mol. The van der Waals surface area contributed by atoms with Crippen LogP contribution in [0.1, 0.15) is 16.7 Å². The standard InChI is InChI=1S/C22H21ClFNO/c23-22-14-20(24)10-9-19(22)16-26-21-8-4-7-18(13-21)15-25-12-11-17-5-2-1-3-6-17/h1-10,13-14,25H,11-12,15-16H2. The van der Waals surface area contributed by atoms with E-state index in [-0.39, 0.29) is 5.82 Å². The van der Waals surface area contributed by atoms with E-state index in [9.17, 15) is 4.39 Å². The molecule has 0 amide bonds. The second-order valence-corrected chi connectivity index (χ2v) is 6.49. The third-order valence-corrected chi connectivity index (χ3v) is 4.42. The number of benzene rings is 3. The highest BCUT2D eigenvalue weighted by molar-refractivity contribution is 6.31. The Kier molecular flexibility index (Phi) is 6.64. The highest BCUT2D eigenvalue weighted by Gasteiger charge is 2.04. The van der Waals surface area contributed by atoms with Gasteiger partial charge in [0.2, 0.25) is 0 Å². The van der Waals surface area contributed by atoms with E-state index < -0.39 is 0 Å². The molecule has 0 saturated carbocycles. The van der Waals surface area contributed by atoms with Crippen LogP contribution in [0, 0.1) is 5.82 Å². The van der Waals surface area contributed by atoms with Crippen molar-refractivity contribution in [2.75, 3.05) is 6.54 Å². The monoisotopic (exact) mass is 369 g/mol. The van der Waals surface area contributed by atoms with Gasteiger partial charge in [-0.05, 0) is 48.4 Å². The quantitative estimate of drug-likeness (QED) is 0.537. The number of hydrogen-bond acceptors (Lipinski definition) is 2. The molecule has 3 rings (SSSR count). The van der Waals surface area contributed by atoms with Crippen LogP contribution < -0.4 is 10.1 Å². The minimum Gasteiger partial charge on any atom is -0.489 e. The summed E-state index contributed by atoms with van der Waals surface area (Å²) in [6, 6.07) is 22.7. The summed E-state index contributed by atoms with van der Waals surface area (Å²) in [5.41, 5.74) is 3.24. The van der Waals surface area contributed by atoms with Crippen molar-refractivity contribution in [3.63, 3.8) is 0 Å². The maximum Gasteiger partial charge on any atom is 0.124 e. The van der Waals surface area contributed by atoms with Crippen LogP contribution in [-0.2, 0) is 19.6 Å². The number of hydrogen-bond donors (Lipinski definition) is 1. The zero-order valence-electron chi connectivity index (χ0n) is 14.4. The Balaban J connectivity index is 1.48. The maximum atomic E-state index is 13.1. The van der Waals surface area contributed by atoms with Gasteiger partial charge in [0, 0.05) is 12.1 Å². The van der Waals surface area contributed by atoms with Crippen molar-refractivity contribution < 1.29 is 9.13 Å². The van der Waals surface area contributed by atoms with Gasteiger partial charge in [0.25, 0.3) is 0 Å². The van der Waals surface area contributed by atoms with Gasteiger partial charge in [0.05, 0.1) is 5.02 Å². The lowest BCUT2D eigenvalue weighted by Crippen LogP contribution is -2.16. The first-order chi connectivity index (χ1) is 12.7. The SMILES string of the molecule is Fc1ccc(COc2cccc(CNCCc3ccccc3)c2)c(Cl)c1. The fourth-order valence-electron chi connectivity index (χ4n) is 2.66. The summed E-state index contributed by atoms with van der Waals surface area (Å²) in [5.74, 6) is 0.426. The van der Waals surface area contributed by atoms with Crippen molar-refractivity contribution in [1.29, 1.82) is 0 Å². The van der Waals surface area contributed by atoms with Crippen molar-refractivity contribution in [3.05, 3.63) is 100 Å². The molecule has 0 aliphatic rings. The molecule has 0 heterocycles. The Hall–Kier alpha value is -2.36. The van der Waals surface area contributed by atoms with E-state index in [0.717, 1.165) is 36.4 Å². The Bertz CT molecular complexity index is 839. The van der Waals surface area contributed by atoms with Gasteiger partial charge in [0.15, 0.2) is 0 Å². The average Bonchev–Trinajstić information content (AvgIpc) is 2.66. The number of ether oxygens (including phenoxy) is 1. The van der Waals surface area contributed by atoms with Crippen LogP contribution in [0.25, 0.3) is 0 Å². The summed E-state index contributed by atoms with van der Waals surface area (Å²) in [4.78, 5) is 0. The minimum atomic E-state index is -0.345. The third-order valence-electron chi connectivity index (χ3n) is 4.07. The zero-order valence-corrected chi connectivity index (χ0v) is 15.2. The van der Waals surface area contributed by atoms with Gasteiger partial charge in [0.1, 0.15) is 18.2 Å². The van der Waals surface area contributed by atoms with E-state index in [2.05, 4.69) is 35.6 Å². The first-order valence-electron chi connectivity index (χ1n) is 8.61. The van der Waals surface area contributed by atoms with Crippen molar-refractivity contribution >= 4 is 11.6 Å². The Morgan fingerprint density at radius 2 is 1.69 bits per heavy atom. The predicted molar refractivity (Wildman–Crippen MR) is 104 cm³/mol. The lowest BCUT2D eigenvalue weighted by atomic mass is 10.1. The summed E-state index contributed by atoms with van der Waals surface area (Å²) in [6.45, 7) is 2.01. The molecule has 0 unspecified atom stereocenters. The molecular weight excluding hydrogens is 349 g/mol. The Morgan fingerprint density at radius 3 is 2.50 bits per heavy atom. The van der Waals surface area contributed by atoms with Crippen LogP contribution in [0.15, 0.2) is 72.8 Å². The van der Waals surface area contributed by atoms with Crippen molar-refractivity contribution in [2.24, 2.45) is 0 Å². The lowest BCUT2D eigenvalue weighted by Gasteiger charge is -2.10. The van der Waals surface area contributed by atoms with Gasteiger partial charge in [-0.25, -0.2) is 4.39 Å². The molecule has 0 saturated heterocycles. The summed E-state index contributed by atoms with van der Waals surface area (Å²) in [5, 5.41) is 3.83. The van der Waals surface area contributed by atoms with Crippen LogP contribution in [0.5, 0.6) is 5.75 Å². The van der Waals surface area contributed by atoms with Gasteiger partial charge in [-0.1, -0.05) is 60.1 Å². The zero-order chi connectivity index (χ0) is 18.2. The van der Waals surface area contributed by atoms with Crippen LogP contribution in [0.3, 0.4) is 0 Å². The van der Waals surface area contributed by atoms with E-state index >= 15 is 0 Å². The summed E-state index contributed by atoms with van der Waals surface area (Å²) in [7, 11) is 0. The minimum absolute atomic E-state index is 0.310. The van der Waals surface area contributed by atoms with Gasteiger partial charge in [-0.3, -0.25) is 0 Å². The van der Waals surface area contributed by atoms with E-state index in [0.29, 0.717) is 11.6 Å². The van der Waals surface area contributed by atoms with Crippen molar-refractivity contribution in [3.8, 4) is 5.75 Å². The topological polar surface area (TPSA) is 21.3 Å². The predicted octanol–water partition coefficient (Wildman–Crippen LogP) is 5.39. The van der Waals surface area contributed by atoms with Crippen LogP contribution in [0.4, 0.5) is 4.39 Å². The molecule has 0 atom stereocenters. The summed E-state index contributed by atoms with van der Waals surface area (Å²) < 4.78 is 18.9. The first-order valence-corrected chi connectivity index (χ1v) is 8.99. The lowest BCUT2D eigenvalue weighted by molar-refractivity contribution is 0.306. The molecule has 1 N–H and O–H groups in total. The molecule has 3 aromatic carbocycles. The molecule has 3 aromatic rings. The van der Waals surface area contributed by atoms with Gasteiger partial charge >= 0.3 is 0 Å². The van der Waals surface area contributed by atoms with Gasteiger partial charge in [-0.2, -0.15) is 0 Å². The fraction of sp³-hybridized carbons (Fsp3) is 0.182. The second kappa shape index (κ2) is 9.37. The van der Waals surface area contributed by atoms with Gasteiger partial charge in [-0.15, -0.1) is 0 Å².